The maximum Gasteiger partial charge on any atom is 0.251 e. The van der Waals surface area contributed by atoms with Crippen LogP contribution in [-0.4, -0.2) is 29.9 Å². The zero-order chi connectivity index (χ0) is 16.0. The van der Waals surface area contributed by atoms with Gasteiger partial charge in [0.1, 0.15) is 0 Å². The fourth-order valence-electron chi connectivity index (χ4n) is 3.66. The van der Waals surface area contributed by atoms with Gasteiger partial charge in [0, 0.05) is 35.3 Å². The Morgan fingerprint density at radius 3 is 2.83 bits per heavy atom. The van der Waals surface area contributed by atoms with E-state index in [4.69, 9.17) is 0 Å². The summed E-state index contributed by atoms with van der Waals surface area (Å²) in [6.45, 7) is 1.49. The van der Waals surface area contributed by atoms with Crippen molar-refractivity contribution in [2.45, 2.75) is 44.3 Å². The van der Waals surface area contributed by atoms with E-state index in [1.807, 2.05) is 24.3 Å². The molecule has 0 unspecified atom stereocenters. The number of hydrogen-bond donors (Lipinski definition) is 3. The summed E-state index contributed by atoms with van der Waals surface area (Å²) < 4.78 is 1.06. The van der Waals surface area contributed by atoms with Crippen molar-refractivity contribution < 1.29 is 9.59 Å². The highest BCUT2D eigenvalue weighted by Crippen LogP contribution is 2.31. The number of rotatable bonds is 3. The van der Waals surface area contributed by atoms with Crippen LogP contribution in [0, 0.1) is 0 Å². The molecule has 23 heavy (non-hydrogen) atoms. The first-order chi connectivity index (χ1) is 11.1. The summed E-state index contributed by atoms with van der Waals surface area (Å²) >= 11 is 1.52. The Labute approximate surface area is 138 Å². The van der Waals surface area contributed by atoms with E-state index >= 15 is 0 Å². The number of thiophene rings is 1. The lowest BCUT2D eigenvalue weighted by Crippen LogP contribution is -2.42. The minimum Gasteiger partial charge on any atom is -0.348 e. The summed E-state index contributed by atoms with van der Waals surface area (Å²) in [4.78, 5) is 23.6. The van der Waals surface area contributed by atoms with Crippen molar-refractivity contribution in [3.05, 3.63) is 29.8 Å². The Morgan fingerprint density at radius 1 is 1.26 bits per heavy atom. The number of amides is 2. The van der Waals surface area contributed by atoms with Gasteiger partial charge in [-0.25, -0.2) is 0 Å². The van der Waals surface area contributed by atoms with Gasteiger partial charge in [-0.3, -0.25) is 9.59 Å². The van der Waals surface area contributed by atoms with Crippen LogP contribution in [0.1, 0.15) is 36.5 Å². The van der Waals surface area contributed by atoms with E-state index < -0.39 is 0 Å². The third-order valence-corrected chi connectivity index (χ3v) is 5.73. The van der Waals surface area contributed by atoms with Gasteiger partial charge in [-0.15, -0.1) is 11.3 Å². The molecule has 2 aliphatic heterocycles. The number of carbonyl (C=O) groups excluding carboxylic acids is 2. The lowest BCUT2D eigenvalue weighted by molar-refractivity contribution is -0.114. The SMILES string of the molecule is CC(=O)Nc1cc2cc(C(=O)N[C@@H]3C[C@H]4CC[C@@H]3N4)ccc2s1. The highest BCUT2D eigenvalue weighted by Gasteiger charge is 2.39. The van der Waals surface area contributed by atoms with E-state index in [1.165, 1.54) is 24.7 Å². The van der Waals surface area contributed by atoms with Crippen LogP contribution in [0.4, 0.5) is 5.00 Å². The molecule has 4 rings (SSSR count). The van der Waals surface area contributed by atoms with Crippen LogP contribution >= 0.6 is 11.3 Å². The first-order valence-electron chi connectivity index (χ1n) is 7.96. The lowest BCUT2D eigenvalue weighted by atomic mass is 9.95. The van der Waals surface area contributed by atoms with E-state index in [-0.39, 0.29) is 17.9 Å². The molecule has 2 aromatic rings. The average Bonchev–Trinajstić information content (AvgIpc) is 3.19. The second kappa shape index (κ2) is 5.62. The van der Waals surface area contributed by atoms with Crippen LogP contribution in [0.3, 0.4) is 0 Å². The van der Waals surface area contributed by atoms with Crippen LogP contribution in [-0.2, 0) is 4.79 Å². The summed E-state index contributed by atoms with van der Waals surface area (Å²) in [6, 6.07) is 8.86. The van der Waals surface area contributed by atoms with Gasteiger partial charge in [-0.05, 0) is 48.9 Å². The van der Waals surface area contributed by atoms with Crippen LogP contribution in [0.2, 0.25) is 0 Å². The van der Waals surface area contributed by atoms with Gasteiger partial charge in [-0.2, -0.15) is 0 Å². The fourth-order valence-corrected chi connectivity index (χ4v) is 4.64. The minimum atomic E-state index is -0.0849. The van der Waals surface area contributed by atoms with Crippen molar-refractivity contribution in [2.75, 3.05) is 5.32 Å². The number of anilines is 1. The van der Waals surface area contributed by atoms with Gasteiger partial charge < -0.3 is 16.0 Å². The van der Waals surface area contributed by atoms with Gasteiger partial charge >= 0.3 is 0 Å². The Bertz CT molecular complexity index is 785. The normalized spacial score (nSPS) is 25.7. The van der Waals surface area contributed by atoms with Crippen molar-refractivity contribution in [3.63, 3.8) is 0 Å². The molecule has 0 radical (unpaired) electrons. The average molecular weight is 329 g/mol. The first kappa shape index (κ1) is 14.7. The number of carbonyl (C=O) groups is 2. The molecule has 2 aliphatic rings. The molecular formula is C17H19N3O2S. The zero-order valence-electron chi connectivity index (χ0n) is 12.9. The third-order valence-electron chi connectivity index (χ3n) is 4.69. The molecule has 0 aliphatic carbocycles. The van der Waals surface area contributed by atoms with Crippen molar-refractivity contribution in [2.24, 2.45) is 0 Å². The quantitative estimate of drug-likeness (QED) is 0.810. The summed E-state index contributed by atoms with van der Waals surface area (Å²) in [7, 11) is 0. The minimum absolute atomic E-state index is 0.0153. The molecule has 3 heterocycles. The van der Waals surface area contributed by atoms with Crippen molar-refractivity contribution >= 4 is 38.2 Å². The first-order valence-corrected chi connectivity index (χ1v) is 8.78. The zero-order valence-corrected chi connectivity index (χ0v) is 13.7. The largest absolute Gasteiger partial charge is 0.348 e. The number of hydrogen-bond acceptors (Lipinski definition) is 4. The van der Waals surface area contributed by atoms with E-state index in [0.717, 1.165) is 27.9 Å². The number of fused-ring (bicyclic) bond motifs is 3. The smallest absolute Gasteiger partial charge is 0.251 e. The maximum absolute atomic E-state index is 12.5. The molecule has 120 valence electrons. The lowest BCUT2D eigenvalue weighted by Gasteiger charge is -2.21. The highest BCUT2D eigenvalue weighted by molar-refractivity contribution is 7.22. The number of benzene rings is 1. The molecule has 0 saturated carbocycles. The maximum atomic E-state index is 12.5. The molecule has 2 amide bonds. The molecular weight excluding hydrogens is 310 g/mol. The summed E-state index contributed by atoms with van der Waals surface area (Å²) in [5.74, 6) is -0.100. The van der Waals surface area contributed by atoms with Gasteiger partial charge in [0.2, 0.25) is 5.91 Å². The predicted molar refractivity (Wildman–Crippen MR) is 91.9 cm³/mol. The second-order valence-electron chi connectivity index (χ2n) is 6.41. The number of nitrogens with one attached hydrogen (secondary N) is 3. The van der Waals surface area contributed by atoms with Crippen LogP contribution in [0.25, 0.3) is 10.1 Å². The molecule has 2 bridgehead atoms. The Morgan fingerprint density at radius 2 is 2.13 bits per heavy atom. The monoisotopic (exact) mass is 329 g/mol. The van der Waals surface area contributed by atoms with Gasteiger partial charge in [0.25, 0.3) is 5.91 Å². The topological polar surface area (TPSA) is 70.2 Å². The highest BCUT2D eigenvalue weighted by atomic mass is 32.1. The second-order valence-corrected chi connectivity index (χ2v) is 7.49. The Balaban J connectivity index is 1.51. The van der Waals surface area contributed by atoms with Crippen LogP contribution in [0.5, 0.6) is 0 Å². The molecule has 5 nitrogen and oxygen atoms in total. The van der Waals surface area contributed by atoms with Crippen molar-refractivity contribution in [3.8, 4) is 0 Å². The van der Waals surface area contributed by atoms with Crippen molar-refractivity contribution in [1.29, 1.82) is 0 Å². The molecule has 1 aromatic carbocycles. The van der Waals surface area contributed by atoms with Crippen LogP contribution in [0.15, 0.2) is 24.3 Å². The van der Waals surface area contributed by atoms with E-state index in [2.05, 4.69) is 16.0 Å². The van der Waals surface area contributed by atoms with Crippen LogP contribution < -0.4 is 16.0 Å². The molecule has 2 fully saturated rings. The van der Waals surface area contributed by atoms with Crippen molar-refractivity contribution in [1.82, 2.24) is 10.6 Å². The van der Waals surface area contributed by atoms with E-state index in [0.29, 0.717) is 17.6 Å². The molecule has 2 saturated heterocycles. The summed E-state index contributed by atoms with van der Waals surface area (Å²) in [6.07, 6.45) is 3.41. The van der Waals surface area contributed by atoms with E-state index in [9.17, 15) is 9.59 Å². The Hall–Kier alpha value is -1.92. The molecule has 3 atom stereocenters. The van der Waals surface area contributed by atoms with Gasteiger partial charge in [-0.1, -0.05) is 0 Å². The summed E-state index contributed by atoms with van der Waals surface area (Å²) in [5.41, 5.74) is 0.674. The third kappa shape index (κ3) is 2.84. The van der Waals surface area contributed by atoms with Gasteiger partial charge in [0.05, 0.1) is 5.00 Å². The molecule has 3 N–H and O–H groups in total. The standard InChI is InChI=1S/C17H19N3O2S/c1-9(21)18-16-7-11-6-10(2-5-15(11)23-16)17(22)20-14-8-12-3-4-13(14)19-12/h2,5-7,12-14,19H,3-4,8H2,1H3,(H,18,21)(H,20,22)/t12-,13+,14-/m1/s1. The summed E-state index contributed by atoms with van der Waals surface area (Å²) in [5, 5.41) is 11.3. The van der Waals surface area contributed by atoms with Gasteiger partial charge in [0.15, 0.2) is 0 Å². The molecule has 1 aromatic heterocycles. The Kier molecular flexibility index (Phi) is 3.58. The van der Waals surface area contributed by atoms with E-state index in [1.54, 1.807) is 0 Å². The molecule has 6 heteroatoms. The predicted octanol–water partition coefficient (Wildman–Crippen LogP) is 2.48. The molecule has 0 spiro atoms. The fraction of sp³-hybridized carbons (Fsp3) is 0.412.